The lowest BCUT2D eigenvalue weighted by atomic mass is 9.82. The largest absolute Gasteiger partial charge is 0.573 e. The summed E-state index contributed by atoms with van der Waals surface area (Å²) in [6.07, 6.45) is 0.182. The van der Waals surface area contributed by atoms with Gasteiger partial charge in [-0.25, -0.2) is 0 Å². The van der Waals surface area contributed by atoms with Crippen molar-refractivity contribution < 1.29 is 22.7 Å². The molecular weight excluding hydrogens is 489 g/mol. The SMILES string of the molecule is CCCC(CCC)CC(=O)N1CCN(C(c2ccccc2)c2ccc(OC(F)(F)F)cc2)CC1C(C)(C)C. The summed E-state index contributed by atoms with van der Waals surface area (Å²) in [7, 11) is 0. The van der Waals surface area contributed by atoms with E-state index in [1.165, 1.54) is 12.1 Å². The Morgan fingerprint density at radius 1 is 0.921 bits per heavy atom. The van der Waals surface area contributed by atoms with Crippen LogP contribution in [0, 0.1) is 11.3 Å². The number of carbonyl (C=O) groups is 1. The molecule has 2 atom stereocenters. The predicted molar refractivity (Wildman–Crippen MR) is 146 cm³/mol. The van der Waals surface area contributed by atoms with E-state index in [0.29, 0.717) is 32.0 Å². The van der Waals surface area contributed by atoms with Gasteiger partial charge in [0.2, 0.25) is 5.91 Å². The molecule has 0 bridgehead atoms. The number of hydrogen-bond acceptors (Lipinski definition) is 3. The summed E-state index contributed by atoms with van der Waals surface area (Å²) in [4.78, 5) is 18.0. The molecule has 7 heteroatoms. The number of amides is 1. The lowest BCUT2D eigenvalue weighted by Gasteiger charge is -2.49. The summed E-state index contributed by atoms with van der Waals surface area (Å²) < 4.78 is 42.2. The van der Waals surface area contributed by atoms with Crippen LogP contribution in [0.3, 0.4) is 0 Å². The summed E-state index contributed by atoms with van der Waals surface area (Å²) in [5.41, 5.74) is 1.82. The van der Waals surface area contributed by atoms with Crippen LogP contribution in [0.15, 0.2) is 54.6 Å². The monoisotopic (exact) mass is 532 g/mol. The van der Waals surface area contributed by atoms with Crippen molar-refractivity contribution >= 4 is 5.91 Å². The van der Waals surface area contributed by atoms with Crippen LogP contribution in [0.4, 0.5) is 13.2 Å². The molecule has 1 aliphatic heterocycles. The van der Waals surface area contributed by atoms with Gasteiger partial charge in [-0.05, 0) is 34.6 Å². The highest BCUT2D eigenvalue weighted by Gasteiger charge is 2.40. The number of ether oxygens (including phenoxy) is 1. The number of hydrogen-bond donors (Lipinski definition) is 0. The second-order valence-electron chi connectivity index (χ2n) is 11.5. The van der Waals surface area contributed by atoms with E-state index < -0.39 is 6.36 Å². The summed E-state index contributed by atoms with van der Waals surface area (Å²) in [6.45, 7) is 12.9. The van der Waals surface area contributed by atoms with Crippen molar-refractivity contribution in [1.29, 1.82) is 0 Å². The van der Waals surface area contributed by atoms with E-state index in [0.717, 1.165) is 36.8 Å². The third kappa shape index (κ3) is 8.23. The minimum absolute atomic E-state index is 0.0201. The Balaban J connectivity index is 1.88. The van der Waals surface area contributed by atoms with Gasteiger partial charge in [-0.1, -0.05) is 103 Å². The molecule has 0 N–H and O–H groups in total. The number of alkyl halides is 3. The van der Waals surface area contributed by atoms with Gasteiger partial charge in [-0.2, -0.15) is 0 Å². The molecule has 3 rings (SSSR count). The molecule has 2 aromatic rings. The zero-order chi connectivity index (χ0) is 27.9. The lowest BCUT2D eigenvalue weighted by molar-refractivity contribution is -0.274. The molecule has 0 spiro atoms. The maximum absolute atomic E-state index is 13.6. The Hall–Kier alpha value is -2.54. The third-order valence-electron chi connectivity index (χ3n) is 7.50. The van der Waals surface area contributed by atoms with Crippen LogP contribution in [-0.4, -0.2) is 47.7 Å². The zero-order valence-corrected chi connectivity index (χ0v) is 23.4. The molecule has 0 radical (unpaired) electrons. The van der Waals surface area contributed by atoms with Crippen LogP contribution in [0.1, 0.15) is 83.9 Å². The molecule has 1 saturated heterocycles. The van der Waals surface area contributed by atoms with E-state index in [9.17, 15) is 18.0 Å². The first-order chi connectivity index (χ1) is 17.9. The van der Waals surface area contributed by atoms with Crippen molar-refractivity contribution in [3.63, 3.8) is 0 Å². The number of halogens is 3. The third-order valence-corrected chi connectivity index (χ3v) is 7.50. The average Bonchev–Trinajstić information content (AvgIpc) is 2.85. The van der Waals surface area contributed by atoms with E-state index in [2.05, 4.69) is 61.3 Å². The first-order valence-electron chi connectivity index (χ1n) is 13.9. The van der Waals surface area contributed by atoms with E-state index in [-0.39, 0.29) is 29.2 Å². The Labute approximate surface area is 226 Å². The highest BCUT2D eigenvalue weighted by atomic mass is 19.4. The number of carbonyl (C=O) groups excluding carboxylic acids is 1. The van der Waals surface area contributed by atoms with Gasteiger partial charge >= 0.3 is 6.36 Å². The minimum atomic E-state index is -4.73. The van der Waals surface area contributed by atoms with E-state index in [4.69, 9.17) is 0 Å². The molecular formula is C31H43F3N2O2. The van der Waals surface area contributed by atoms with Crippen molar-refractivity contribution in [3.05, 3.63) is 65.7 Å². The van der Waals surface area contributed by atoms with Gasteiger partial charge in [0, 0.05) is 32.1 Å². The molecule has 1 aliphatic rings. The van der Waals surface area contributed by atoms with Crippen molar-refractivity contribution in [2.24, 2.45) is 11.3 Å². The van der Waals surface area contributed by atoms with Crippen molar-refractivity contribution in [2.45, 2.75) is 85.2 Å². The van der Waals surface area contributed by atoms with Gasteiger partial charge in [-0.3, -0.25) is 9.69 Å². The number of nitrogens with zero attached hydrogens (tertiary/aromatic N) is 2. The van der Waals surface area contributed by atoms with Crippen LogP contribution in [-0.2, 0) is 4.79 Å². The molecule has 1 amide bonds. The first-order valence-corrected chi connectivity index (χ1v) is 13.9. The topological polar surface area (TPSA) is 32.8 Å². The van der Waals surface area contributed by atoms with E-state index in [1.807, 2.05) is 18.2 Å². The molecule has 0 aromatic heterocycles. The predicted octanol–water partition coefficient (Wildman–Crippen LogP) is 7.84. The van der Waals surface area contributed by atoms with Crippen molar-refractivity contribution in [2.75, 3.05) is 19.6 Å². The summed E-state index contributed by atoms with van der Waals surface area (Å²) in [5.74, 6) is 0.428. The fraction of sp³-hybridized carbons (Fsp3) is 0.581. The zero-order valence-electron chi connectivity index (χ0n) is 23.4. The summed E-state index contributed by atoms with van der Waals surface area (Å²) in [6, 6.07) is 16.1. The van der Waals surface area contributed by atoms with Gasteiger partial charge in [0.15, 0.2) is 0 Å². The number of piperazine rings is 1. The molecule has 0 aliphatic carbocycles. The molecule has 38 heavy (non-hydrogen) atoms. The normalized spacial score (nSPS) is 18.0. The Morgan fingerprint density at radius 3 is 2.03 bits per heavy atom. The Bertz CT molecular complexity index is 997. The highest BCUT2D eigenvalue weighted by Crippen LogP contribution is 2.36. The van der Waals surface area contributed by atoms with Crippen LogP contribution >= 0.6 is 0 Å². The molecule has 2 unspecified atom stereocenters. The van der Waals surface area contributed by atoms with Gasteiger partial charge in [0.05, 0.1) is 6.04 Å². The fourth-order valence-corrected chi connectivity index (χ4v) is 5.71. The first kappa shape index (κ1) is 30.0. The summed E-state index contributed by atoms with van der Waals surface area (Å²) >= 11 is 0. The second-order valence-corrected chi connectivity index (χ2v) is 11.5. The molecule has 2 aromatic carbocycles. The van der Waals surface area contributed by atoms with Crippen LogP contribution in [0.2, 0.25) is 0 Å². The van der Waals surface area contributed by atoms with E-state index >= 15 is 0 Å². The minimum Gasteiger partial charge on any atom is -0.406 e. The molecule has 1 fully saturated rings. The second kappa shape index (κ2) is 13.0. The fourth-order valence-electron chi connectivity index (χ4n) is 5.71. The highest BCUT2D eigenvalue weighted by molar-refractivity contribution is 5.77. The van der Waals surface area contributed by atoms with Gasteiger partial charge in [-0.15, -0.1) is 13.2 Å². The van der Waals surface area contributed by atoms with Crippen molar-refractivity contribution in [3.8, 4) is 5.75 Å². The molecule has 210 valence electrons. The Morgan fingerprint density at radius 2 is 1.50 bits per heavy atom. The smallest absolute Gasteiger partial charge is 0.406 e. The van der Waals surface area contributed by atoms with Gasteiger partial charge in [0.25, 0.3) is 0 Å². The number of rotatable bonds is 10. The molecule has 1 heterocycles. The average molecular weight is 533 g/mol. The Kier molecular flexibility index (Phi) is 10.3. The van der Waals surface area contributed by atoms with Crippen LogP contribution in [0.5, 0.6) is 5.75 Å². The maximum atomic E-state index is 13.6. The van der Waals surface area contributed by atoms with E-state index in [1.54, 1.807) is 12.1 Å². The summed E-state index contributed by atoms with van der Waals surface area (Å²) in [5, 5.41) is 0. The quantitative estimate of drug-likeness (QED) is 0.312. The maximum Gasteiger partial charge on any atom is 0.573 e. The van der Waals surface area contributed by atoms with Crippen LogP contribution in [0.25, 0.3) is 0 Å². The standard InChI is InChI=1S/C31H43F3N2O2/c1-6-11-23(12-7-2)21-28(37)36-20-19-35(22-27(36)30(3,4)5)29(24-13-9-8-10-14-24)25-15-17-26(18-16-25)38-31(32,33)34/h8-10,13-18,23,27,29H,6-7,11-12,19-22H2,1-5H3. The lowest BCUT2D eigenvalue weighted by Crippen LogP contribution is -2.60. The molecule has 4 nitrogen and oxygen atoms in total. The van der Waals surface area contributed by atoms with Crippen molar-refractivity contribution in [1.82, 2.24) is 9.80 Å². The number of benzene rings is 2. The van der Waals surface area contributed by atoms with Gasteiger partial charge in [0.1, 0.15) is 5.75 Å². The van der Waals surface area contributed by atoms with Gasteiger partial charge < -0.3 is 9.64 Å². The van der Waals surface area contributed by atoms with Crippen LogP contribution < -0.4 is 4.74 Å². The molecule has 0 saturated carbocycles.